The summed E-state index contributed by atoms with van der Waals surface area (Å²) >= 11 is 1.15. The zero-order valence-corrected chi connectivity index (χ0v) is 21.0. The van der Waals surface area contributed by atoms with Crippen LogP contribution in [0.2, 0.25) is 0 Å². The first-order valence-electron chi connectivity index (χ1n) is 11.6. The van der Waals surface area contributed by atoms with Crippen LogP contribution in [0.1, 0.15) is 42.1 Å². The number of likely N-dealkylation sites (tertiary alicyclic amines) is 1. The third-order valence-corrected chi connectivity index (χ3v) is 7.34. The third kappa shape index (κ3) is 5.64. The van der Waals surface area contributed by atoms with E-state index in [9.17, 15) is 18.0 Å². The lowest BCUT2D eigenvalue weighted by atomic mass is 9.85. The Hall–Kier alpha value is -3.39. The molecule has 6 nitrogen and oxygen atoms in total. The van der Waals surface area contributed by atoms with Crippen molar-refractivity contribution in [3.05, 3.63) is 64.7 Å². The number of nitrogens with two attached hydrogens (primary N) is 1. The monoisotopic (exact) mass is 531 g/mol. The number of alkyl halides is 2. The van der Waals surface area contributed by atoms with Crippen LogP contribution in [0.5, 0.6) is 0 Å². The summed E-state index contributed by atoms with van der Waals surface area (Å²) in [6.07, 6.45) is 4.09. The molecule has 37 heavy (non-hydrogen) atoms. The summed E-state index contributed by atoms with van der Waals surface area (Å²) in [5.41, 5.74) is 5.45. The molecular weight excluding hydrogens is 506 g/mol. The molecule has 2 fully saturated rings. The Morgan fingerprint density at radius 2 is 2.14 bits per heavy atom. The maximum absolute atomic E-state index is 15.2. The quantitative estimate of drug-likeness (QED) is 0.323. The van der Waals surface area contributed by atoms with Crippen molar-refractivity contribution in [3.63, 3.8) is 0 Å². The number of amides is 1. The first-order chi connectivity index (χ1) is 17.5. The Balaban J connectivity index is 1.66. The van der Waals surface area contributed by atoms with Crippen molar-refractivity contribution < 1.29 is 22.4 Å². The van der Waals surface area contributed by atoms with Gasteiger partial charge in [0.1, 0.15) is 17.7 Å². The smallest absolute Gasteiger partial charge is 0.267 e. The number of rotatable bonds is 6. The molecule has 1 aromatic carbocycles. The molecule has 1 aliphatic carbocycles. The average molecular weight is 532 g/mol. The summed E-state index contributed by atoms with van der Waals surface area (Å²) in [7, 11) is 0. The highest BCUT2D eigenvalue weighted by Gasteiger charge is 2.57. The van der Waals surface area contributed by atoms with Crippen molar-refractivity contribution in [2.75, 3.05) is 19.3 Å². The first kappa shape index (κ1) is 26.7. The molecule has 4 rings (SSSR count). The van der Waals surface area contributed by atoms with Gasteiger partial charge in [-0.3, -0.25) is 14.8 Å². The maximum atomic E-state index is 15.2. The molecule has 3 atom stereocenters. The summed E-state index contributed by atoms with van der Waals surface area (Å²) in [4.78, 5) is 22.6. The molecule has 1 saturated carbocycles. The fraction of sp³-hybridized carbons (Fsp3) is 0.385. The van der Waals surface area contributed by atoms with Gasteiger partial charge in [0.2, 0.25) is 5.91 Å². The fourth-order valence-corrected chi connectivity index (χ4v) is 4.99. The molecule has 0 spiro atoms. The molecule has 0 unspecified atom stereocenters. The van der Waals surface area contributed by atoms with Crippen molar-refractivity contribution >= 4 is 34.7 Å². The number of hydrogen-bond acceptors (Lipinski definition) is 5. The molecule has 11 heteroatoms. The summed E-state index contributed by atoms with van der Waals surface area (Å²) in [6.45, 7) is 0.996. The minimum atomic E-state index is -2.91. The zero-order valence-electron chi connectivity index (χ0n) is 20.2. The lowest BCUT2D eigenvalue weighted by molar-refractivity contribution is -0.133. The van der Waals surface area contributed by atoms with Gasteiger partial charge in [-0.05, 0) is 55.5 Å². The number of thioether (sulfide) groups is 1. The second kappa shape index (κ2) is 10.2. The molecule has 1 saturated heterocycles. The van der Waals surface area contributed by atoms with Crippen LogP contribution in [0.3, 0.4) is 0 Å². The van der Waals surface area contributed by atoms with Crippen LogP contribution in [0.4, 0.5) is 17.6 Å². The van der Waals surface area contributed by atoms with Gasteiger partial charge in [0.15, 0.2) is 5.17 Å². The van der Waals surface area contributed by atoms with E-state index in [1.807, 2.05) is 6.07 Å². The number of aromatic nitrogens is 1. The highest BCUT2D eigenvalue weighted by atomic mass is 32.2. The molecule has 1 amide bonds. The first-order valence-corrected chi connectivity index (χ1v) is 12.8. The van der Waals surface area contributed by atoms with E-state index >= 15 is 4.39 Å². The van der Waals surface area contributed by atoms with E-state index in [1.54, 1.807) is 13.2 Å². The molecular formula is C26H25F4N5OS. The molecule has 2 heterocycles. The molecule has 2 aliphatic rings. The molecule has 1 aliphatic heterocycles. The molecule has 1 aromatic heterocycles. The Labute approximate surface area is 216 Å². The number of aliphatic imine (C=N–C) groups is 1. The predicted octanol–water partition coefficient (Wildman–Crippen LogP) is 4.96. The average Bonchev–Trinajstić information content (AvgIpc) is 3.61. The number of pyridine rings is 1. The number of carbonyl (C=O) groups excluding carboxylic acids is 1. The molecule has 0 radical (unpaired) electrons. The van der Waals surface area contributed by atoms with Crippen LogP contribution in [-0.2, 0) is 10.3 Å². The minimum Gasteiger partial charge on any atom is -0.379 e. The Morgan fingerprint density at radius 3 is 2.73 bits per heavy atom. The maximum Gasteiger partial charge on any atom is 0.267 e. The highest BCUT2D eigenvalue weighted by molar-refractivity contribution is 8.13. The number of halogens is 4. The summed E-state index contributed by atoms with van der Waals surface area (Å²) < 4.78 is 57.4. The second-order valence-electron chi connectivity index (χ2n) is 9.39. The third-order valence-electron chi connectivity index (χ3n) is 6.83. The van der Waals surface area contributed by atoms with E-state index in [0.29, 0.717) is 12.0 Å². The van der Waals surface area contributed by atoms with Crippen molar-refractivity contribution in [2.45, 2.75) is 31.2 Å². The lowest BCUT2D eigenvalue weighted by Gasteiger charge is -2.28. The van der Waals surface area contributed by atoms with E-state index in [0.717, 1.165) is 16.7 Å². The van der Waals surface area contributed by atoms with E-state index in [1.165, 1.54) is 42.6 Å². The SMILES string of the molecule is CSC(N)=N[C@](C)(c1cc(/C=C(\F)c2ccc(C#N)cn2)ccc1F)[C@@H]1C[C@H]1C(=O)N1CCC(F)(F)C1. The number of amidine groups is 1. The Kier molecular flexibility index (Phi) is 7.33. The van der Waals surface area contributed by atoms with Crippen LogP contribution >= 0.6 is 11.8 Å². The summed E-state index contributed by atoms with van der Waals surface area (Å²) in [5.74, 6) is -5.69. The van der Waals surface area contributed by atoms with Crippen LogP contribution < -0.4 is 5.73 Å². The topological polar surface area (TPSA) is 95.4 Å². The van der Waals surface area contributed by atoms with Gasteiger partial charge in [-0.1, -0.05) is 17.8 Å². The number of nitriles is 1. The van der Waals surface area contributed by atoms with Gasteiger partial charge < -0.3 is 10.6 Å². The lowest BCUT2D eigenvalue weighted by Crippen LogP contribution is -2.35. The van der Waals surface area contributed by atoms with Crippen LogP contribution in [0.15, 0.2) is 41.5 Å². The predicted molar refractivity (Wildman–Crippen MR) is 135 cm³/mol. The van der Waals surface area contributed by atoms with Gasteiger partial charge in [-0.15, -0.1) is 0 Å². The van der Waals surface area contributed by atoms with E-state index in [2.05, 4.69) is 9.98 Å². The van der Waals surface area contributed by atoms with Gasteiger partial charge in [0.25, 0.3) is 5.92 Å². The zero-order chi connectivity index (χ0) is 27.0. The van der Waals surface area contributed by atoms with Gasteiger partial charge in [-0.2, -0.15) is 5.26 Å². The van der Waals surface area contributed by atoms with Gasteiger partial charge >= 0.3 is 0 Å². The standard InChI is InChI=1S/C26H25F4N5OS/c1-25(34-24(32)37-2,18-11-17(18)23(36)35-8-7-26(29,30)14-35)19-9-15(3-5-20(19)27)10-21(28)22-6-4-16(12-31)13-33-22/h3-6,9-10,13,17-18H,7-8,11,14H2,1-2H3,(H2,32,34)/b21-10-/t17-,18-,25+/m1/s1. The van der Waals surface area contributed by atoms with Crippen molar-refractivity contribution in [2.24, 2.45) is 22.6 Å². The molecule has 2 N–H and O–H groups in total. The molecule has 194 valence electrons. The van der Waals surface area contributed by atoms with Gasteiger partial charge in [-0.25, -0.2) is 17.6 Å². The van der Waals surface area contributed by atoms with Crippen LogP contribution in [0.25, 0.3) is 11.9 Å². The van der Waals surface area contributed by atoms with E-state index < -0.39 is 47.4 Å². The fourth-order valence-electron chi connectivity index (χ4n) is 4.71. The minimum absolute atomic E-state index is 0.00699. The second-order valence-corrected chi connectivity index (χ2v) is 10.2. The normalized spacial score (nSPS) is 22.9. The summed E-state index contributed by atoms with van der Waals surface area (Å²) in [5, 5.41) is 9.06. The van der Waals surface area contributed by atoms with E-state index in [4.69, 9.17) is 11.0 Å². The van der Waals surface area contributed by atoms with Crippen molar-refractivity contribution in [1.29, 1.82) is 5.26 Å². The van der Waals surface area contributed by atoms with Crippen molar-refractivity contribution in [1.82, 2.24) is 9.88 Å². The van der Waals surface area contributed by atoms with Crippen molar-refractivity contribution in [3.8, 4) is 6.07 Å². The van der Waals surface area contributed by atoms with Gasteiger partial charge in [0, 0.05) is 36.6 Å². The number of nitrogens with zero attached hydrogens (tertiary/aromatic N) is 4. The number of carbonyl (C=O) groups is 1. The Bertz CT molecular complexity index is 1310. The van der Waals surface area contributed by atoms with Crippen LogP contribution in [-0.4, -0.2) is 46.2 Å². The number of hydrogen-bond donors (Lipinski definition) is 1. The van der Waals surface area contributed by atoms with Crippen LogP contribution in [0, 0.1) is 29.0 Å². The summed E-state index contributed by atoms with van der Waals surface area (Å²) in [6, 6.07) is 8.73. The van der Waals surface area contributed by atoms with Gasteiger partial charge in [0.05, 0.1) is 23.3 Å². The molecule has 2 aromatic rings. The highest BCUT2D eigenvalue weighted by Crippen LogP contribution is 2.55. The van der Waals surface area contributed by atoms with E-state index in [-0.39, 0.29) is 35.0 Å². The number of benzene rings is 1. The largest absolute Gasteiger partial charge is 0.379 e. The Morgan fingerprint density at radius 1 is 1.38 bits per heavy atom. The molecule has 0 bridgehead atoms.